The van der Waals surface area contributed by atoms with Crippen molar-refractivity contribution in [3.05, 3.63) is 77.2 Å². The number of amides is 1. The number of hydrogen-bond acceptors (Lipinski definition) is 6. The van der Waals surface area contributed by atoms with Crippen LogP contribution in [0.5, 0.6) is 0 Å². The summed E-state index contributed by atoms with van der Waals surface area (Å²) in [4.78, 5) is 16.2. The fraction of sp³-hybridized carbons (Fsp3) is 0.211. The van der Waals surface area contributed by atoms with Gasteiger partial charge in [-0.1, -0.05) is 35.0 Å². The Morgan fingerprint density at radius 3 is 2.46 bits per heavy atom. The number of sulfone groups is 1. The first kappa shape index (κ1) is 19.7. The molecule has 3 rings (SSSR count). The van der Waals surface area contributed by atoms with E-state index in [2.05, 4.69) is 15.5 Å². The molecule has 1 amide bonds. The van der Waals surface area contributed by atoms with E-state index < -0.39 is 15.7 Å². The molecule has 3 aromatic rings. The van der Waals surface area contributed by atoms with Gasteiger partial charge in [-0.15, -0.1) is 0 Å². The molecule has 0 atom stereocenters. The number of nitrogens with one attached hydrogen (secondary N) is 1. The highest BCUT2D eigenvalue weighted by molar-refractivity contribution is 7.91. The molecule has 7 nitrogen and oxygen atoms in total. The lowest BCUT2D eigenvalue weighted by Gasteiger charge is -2.03. The molecule has 1 aromatic heterocycles. The second-order valence-electron chi connectivity index (χ2n) is 6.21. The molecule has 0 fully saturated rings. The minimum absolute atomic E-state index is 0.0188. The number of nitrogens with zero attached hydrogens (tertiary/aromatic N) is 2. The average Bonchev–Trinajstić information content (AvgIpc) is 3.15. The van der Waals surface area contributed by atoms with Crippen molar-refractivity contribution in [1.82, 2.24) is 15.5 Å². The molecule has 2 aromatic carbocycles. The topological polar surface area (TPSA) is 102 Å². The summed E-state index contributed by atoms with van der Waals surface area (Å²) in [5, 5.41) is 6.23. The van der Waals surface area contributed by atoms with Crippen LogP contribution < -0.4 is 5.32 Å². The smallest absolute Gasteiger partial charge is 0.315 e. The number of carbonyl (C=O) groups is 1. The lowest BCUT2D eigenvalue weighted by molar-refractivity contribution is 0.0907. The molecule has 0 aliphatic rings. The summed E-state index contributed by atoms with van der Waals surface area (Å²) in [6.45, 7) is 2.04. The van der Waals surface area contributed by atoms with E-state index in [9.17, 15) is 17.6 Å². The Morgan fingerprint density at radius 2 is 1.79 bits per heavy atom. The third kappa shape index (κ3) is 5.01. The molecule has 0 radical (unpaired) electrons. The third-order valence-corrected chi connectivity index (χ3v) is 5.74. The normalized spacial score (nSPS) is 11.4. The van der Waals surface area contributed by atoms with Gasteiger partial charge < -0.3 is 9.84 Å². The van der Waals surface area contributed by atoms with Crippen LogP contribution in [0.25, 0.3) is 0 Å². The van der Waals surface area contributed by atoms with Crippen molar-refractivity contribution in [2.75, 3.05) is 5.75 Å². The van der Waals surface area contributed by atoms with Crippen LogP contribution in [0.4, 0.5) is 4.39 Å². The van der Waals surface area contributed by atoms with E-state index in [4.69, 9.17) is 4.52 Å². The maximum atomic E-state index is 12.9. The maximum absolute atomic E-state index is 12.9. The first-order chi connectivity index (χ1) is 13.3. The second-order valence-corrected chi connectivity index (χ2v) is 8.32. The van der Waals surface area contributed by atoms with Crippen molar-refractivity contribution in [2.24, 2.45) is 0 Å². The Kier molecular flexibility index (Phi) is 5.84. The van der Waals surface area contributed by atoms with Crippen LogP contribution >= 0.6 is 0 Å². The van der Waals surface area contributed by atoms with Gasteiger partial charge in [-0.05, 0) is 36.8 Å². The fourth-order valence-electron chi connectivity index (χ4n) is 2.40. The number of halogens is 1. The van der Waals surface area contributed by atoms with Crippen LogP contribution in [0.15, 0.2) is 57.9 Å². The zero-order valence-electron chi connectivity index (χ0n) is 15.1. The van der Waals surface area contributed by atoms with Gasteiger partial charge in [0.2, 0.25) is 0 Å². The van der Waals surface area contributed by atoms with Crippen LogP contribution in [0, 0.1) is 12.7 Å². The second kappa shape index (κ2) is 8.30. The molecule has 9 heteroatoms. The summed E-state index contributed by atoms with van der Waals surface area (Å²) in [5.74, 6) is -1.29. The van der Waals surface area contributed by atoms with Crippen LogP contribution in [0.1, 0.15) is 27.6 Å². The van der Waals surface area contributed by atoms with Crippen molar-refractivity contribution in [1.29, 1.82) is 0 Å². The Morgan fingerprint density at radius 1 is 1.11 bits per heavy atom. The van der Waals surface area contributed by atoms with Gasteiger partial charge in [0.1, 0.15) is 5.82 Å². The molecule has 0 spiro atoms. The maximum Gasteiger partial charge on any atom is 0.315 e. The number of benzene rings is 2. The number of rotatable bonds is 7. The average molecular weight is 403 g/mol. The lowest BCUT2D eigenvalue weighted by Crippen LogP contribution is -2.23. The molecule has 0 unspecified atom stereocenters. The van der Waals surface area contributed by atoms with Gasteiger partial charge in [-0.2, -0.15) is 4.98 Å². The van der Waals surface area contributed by atoms with E-state index in [-0.39, 0.29) is 41.1 Å². The van der Waals surface area contributed by atoms with E-state index >= 15 is 0 Å². The lowest BCUT2D eigenvalue weighted by atomic mass is 10.2. The molecule has 0 aliphatic heterocycles. The Labute approximate surface area is 161 Å². The van der Waals surface area contributed by atoms with Gasteiger partial charge in [0.25, 0.3) is 0 Å². The van der Waals surface area contributed by atoms with Gasteiger partial charge in [0.15, 0.2) is 15.7 Å². The summed E-state index contributed by atoms with van der Waals surface area (Å²) in [6.07, 6.45) is 0.0188. The van der Waals surface area contributed by atoms with Crippen LogP contribution in [0.2, 0.25) is 0 Å². The predicted molar refractivity (Wildman–Crippen MR) is 98.8 cm³/mol. The van der Waals surface area contributed by atoms with E-state index in [0.29, 0.717) is 5.56 Å². The first-order valence-electron chi connectivity index (χ1n) is 8.48. The fourth-order valence-corrected chi connectivity index (χ4v) is 3.63. The molecule has 146 valence electrons. The van der Waals surface area contributed by atoms with Crippen LogP contribution in [0.3, 0.4) is 0 Å². The summed E-state index contributed by atoms with van der Waals surface area (Å²) in [5.41, 5.74) is 1.67. The molecular formula is C19H18FN3O4S. The van der Waals surface area contributed by atoms with Crippen molar-refractivity contribution in [3.8, 4) is 0 Å². The van der Waals surface area contributed by atoms with Gasteiger partial charge in [0.05, 0.1) is 10.6 Å². The molecule has 1 N–H and O–H groups in total. The highest BCUT2D eigenvalue weighted by Crippen LogP contribution is 2.13. The highest BCUT2D eigenvalue weighted by Gasteiger charge is 2.19. The molecule has 28 heavy (non-hydrogen) atoms. The van der Waals surface area contributed by atoms with E-state index in [1.165, 1.54) is 12.1 Å². The Bertz CT molecular complexity index is 1060. The molecular weight excluding hydrogens is 385 g/mol. The van der Waals surface area contributed by atoms with Gasteiger partial charge >= 0.3 is 11.8 Å². The zero-order chi connectivity index (χ0) is 20.1. The van der Waals surface area contributed by atoms with Crippen molar-refractivity contribution >= 4 is 15.7 Å². The van der Waals surface area contributed by atoms with Gasteiger partial charge in [-0.3, -0.25) is 4.79 Å². The predicted octanol–water partition coefficient (Wildman–Crippen LogP) is 2.46. The van der Waals surface area contributed by atoms with Gasteiger partial charge in [-0.25, -0.2) is 12.8 Å². The first-order valence-corrected chi connectivity index (χ1v) is 10.1. The monoisotopic (exact) mass is 403 g/mol. The largest absolute Gasteiger partial charge is 0.344 e. The third-order valence-electron chi connectivity index (χ3n) is 4.00. The Hall–Kier alpha value is -3.07. The quantitative estimate of drug-likeness (QED) is 0.650. The molecule has 0 saturated carbocycles. The SMILES string of the molecule is Cc1ccc(S(=O)(=O)CCc2noc(C(=O)NCc3ccc(F)cc3)n2)cc1. The number of aromatic nitrogens is 2. The van der Waals surface area contributed by atoms with E-state index in [1.807, 2.05) is 6.92 Å². The van der Waals surface area contributed by atoms with Crippen LogP contribution in [-0.4, -0.2) is 30.2 Å². The molecule has 0 aliphatic carbocycles. The highest BCUT2D eigenvalue weighted by atomic mass is 32.2. The van der Waals surface area contributed by atoms with Crippen LogP contribution in [-0.2, 0) is 22.8 Å². The summed E-state index contributed by atoms with van der Waals surface area (Å²) in [6, 6.07) is 12.2. The number of carbonyl (C=O) groups excluding carboxylic acids is 1. The molecule has 1 heterocycles. The zero-order valence-corrected chi connectivity index (χ0v) is 15.9. The van der Waals surface area contributed by atoms with Crippen molar-refractivity contribution in [3.63, 3.8) is 0 Å². The molecule has 0 saturated heterocycles. The van der Waals surface area contributed by atoms with Crippen molar-refractivity contribution < 1.29 is 22.1 Å². The minimum Gasteiger partial charge on any atom is -0.344 e. The molecule has 0 bridgehead atoms. The van der Waals surface area contributed by atoms with Crippen molar-refractivity contribution in [2.45, 2.75) is 24.8 Å². The summed E-state index contributed by atoms with van der Waals surface area (Å²) >= 11 is 0. The van der Waals surface area contributed by atoms with E-state index in [0.717, 1.165) is 5.56 Å². The number of aryl methyl sites for hydroxylation is 2. The van der Waals surface area contributed by atoms with Gasteiger partial charge in [0, 0.05) is 13.0 Å². The van der Waals surface area contributed by atoms with E-state index in [1.54, 1.807) is 36.4 Å². The minimum atomic E-state index is -3.49. The standard InChI is InChI=1S/C19H18FN3O4S/c1-13-2-8-16(9-3-13)28(25,26)11-10-17-22-19(27-23-17)18(24)21-12-14-4-6-15(20)7-5-14/h2-9H,10-12H2,1H3,(H,21,24). The summed E-state index contributed by atoms with van der Waals surface area (Å²) < 4.78 is 42.5. The summed E-state index contributed by atoms with van der Waals surface area (Å²) in [7, 11) is -3.49. The number of hydrogen-bond donors (Lipinski definition) is 1. The Balaban J connectivity index is 1.56.